The maximum Gasteiger partial charge on any atom is 0.132 e. The fraction of sp³-hybridized carbons (Fsp3) is 0.143. The van der Waals surface area contributed by atoms with Crippen molar-refractivity contribution in [3.8, 4) is 0 Å². The van der Waals surface area contributed by atoms with Gasteiger partial charge in [0, 0.05) is 29.6 Å². The lowest BCUT2D eigenvalue weighted by Gasteiger charge is -2.20. The predicted molar refractivity (Wildman–Crippen MR) is 75.8 cm³/mol. The van der Waals surface area contributed by atoms with Gasteiger partial charge in [-0.3, -0.25) is 5.41 Å². The summed E-state index contributed by atoms with van der Waals surface area (Å²) in [6, 6.07) is 6.69. The number of aromatic nitrogens is 1. The van der Waals surface area contributed by atoms with Crippen molar-refractivity contribution >= 4 is 39.0 Å². The first-order chi connectivity index (χ1) is 9.08. The lowest BCUT2D eigenvalue weighted by Crippen LogP contribution is -2.17. The number of rotatable bonds is 1. The van der Waals surface area contributed by atoms with Crippen LogP contribution in [0.25, 0.3) is 16.5 Å². The number of halogens is 2. The van der Waals surface area contributed by atoms with Crippen LogP contribution in [0, 0.1) is 16.6 Å². The molecule has 1 aromatic heterocycles. The Hall–Kier alpha value is -1.94. The molecule has 0 spiro atoms. The summed E-state index contributed by atoms with van der Waals surface area (Å²) < 4.78 is 15.8. The van der Waals surface area contributed by atoms with Crippen molar-refractivity contribution in [1.29, 1.82) is 10.8 Å². The molecule has 2 N–H and O–H groups in total. The van der Waals surface area contributed by atoms with Crippen LogP contribution in [0.2, 0.25) is 0 Å². The summed E-state index contributed by atoms with van der Waals surface area (Å²) in [6.45, 7) is 0.647. The molecule has 0 unspecified atom stereocenters. The molecule has 5 heteroatoms. The number of benzene rings is 1. The minimum atomic E-state index is -0.272. The fourth-order valence-electron chi connectivity index (χ4n) is 2.51. The summed E-state index contributed by atoms with van der Waals surface area (Å²) in [5, 5.41) is 15.7. The molecule has 0 saturated heterocycles. The molecule has 3 rings (SSSR count). The molecule has 0 atom stereocenters. The number of hydrogen-bond donors (Lipinski definition) is 2. The average Bonchev–Trinajstić information content (AvgIpc) is 2.73. The normalized spacial score (nSPS) is 16.9. The molecule has 2 heterocycles. The van der Waals surface area contributed by atoms with Gasteiger partial charge in [-0.15, -0.1) is 0 Å². The minimum absolute atomic E-state index is 0.126. The van der Waals surface area contributed by atoms with Gasteiger partial charge in [0.05, 0.1) is 11.2 Å². The Morgan fingerprint density at radius 3 is 2.95 bits per heavy atom. The summed E-state index contributed by atoms with van der Waals surface area (Å²) in [5.74, 6) is -0.272. The Labute approximate surface area is 114 Å². The zero-order chi connectivity index (χ0) is 13.6. The highest BCUT2D eigenvalue weighted by atomic mass is 35.5. The van der Waals surface area contributed by atoms with Gasteiger partial charge in [0.15, 0.2) is 0 Å². The number of hydrogen-bond acceptors (Lipinski definition) is 2. The van der Waals surface area contributed by atoms with Crippen LogP contribution in [0.4, 0.5) is 4.39 Å². The second-order valence-corrected chi connectivity index (χ2v) is 4.90. The second kappa shape index (κ2) is 4.31. The van der Waals surface area contributed by atoms with Gasteiger partial charge in [0.25, 0.3) is 0 Å². The molecule has 1 aliphatic rings. The van der Waals surface area contributed by atoms with Crippen molar-refractivity contribution in [2.24, 2.45) is 0 Å². The Balaban J connectivity index is 2.32. The minimum Gasteiger partial charge on any atom is -0.340 e. The lowest BCUT2D eigenvalue weighted by molar-refractivity contribution is 0.639. The van der Waals surface area contributed by atoms with E-state index in [4.69, 9.17) is 22.4 Å². The number of nitrogens with one attached hydrogen (secondary N) is 2. The molecule has 0 fully saturated rings. The molecular formula is C14H11ClFN3. The summed E-state index contributed by atoms with van der Waals surface area (Å²) in [4.78, 5) is 0. The Bertz CT molecular complexity index is 742. The van der Waals surface area contributed by atoms with Crippen LogP contribution < -0.4 is 0 Å². The van der Waals surface area contributed by atoms with Gasteiger partial charge in [-0.1, -0.05) is 17.7 Å². The van der Waals surface area contributed by atoms with Gasteiger partial charge >= 0.3 is 0 Å². The largest absolute Gasteiger partial charge is 0.340 e. The molecule has 19 heavy (non-hydrogen) atoms. The third-order valence-corrected chi connectivity index (χ3v) is 3.46. The van der Waals surface area contributed by atoms with E-state index >= 15 is 0 Å². The smallest absolute Gasteiger partial charge is 0.132 e. The second-order valence-electron chi connectivity index (χ2n) is 4.49. The fourth-order valence-corrected chi connectivity index (χ4v) is 2.62. The molecule has 96 valence electrons. The van der Waals surface area contributed by atoms with Crippen molar-refractivity contribution in [3.05, 3.63) is 41.9 Å². The first-order valence-electron chi connectivity index (χ1n) is 5.89. The van der Waals surface area contributed by atoms with Crippen LogP contribution >= 0.6 is 11.6 Å². The van der Waals surface area contributed by atoms with E-state index < -0.39 is 0 Å². The number of allylic oxidation sites excluding steroid dienone is 2. The van der Waals surface area contributed by atoms with E-state index in [-0.39, 0.29) is 11.0 Å². The Morgan fingerprint density at radius 1 is 1.42 bits per heavy atom. The van der Waals surface area contributed by atoms with Gasteiger partial charge in [-0.2, -0.15) is 0 Å². The molecule has 0 saturated carbocycles. The zero-order valence-corrected chi connectivity index (χ0v) is 10.8. The van der Waals surface area contributed by atoms with Crippen molar-refractivity contribution < 1.29 is 4.39 Å². The van der Waals surface area contributed by atoms with Gasteiger partial charge in [-0.25, -0.2) is 4.39 Å². The molecular weight excluding hydrogens is 265 g/mol. The van der Waals surface area contributed by atoms with Crippen LogP contribution in [0.5, 0.6) is 0 Å². The van der Waals surface area contributed by atoms with Crippen LogP contribution in [-0.2, 0) is 6.54 Å². The van der Waals surface area contributed by atoms with Crippen molar-refractivity contribution in [2.75, 3.05) is 0 Å². The standard InChI is InChI=1S/C14H11ClFN3/c15-14(18)7-9-11(17)4-5-19-12-3-1-2-10(16)8(12)6-13(9)19/h1-3,6-7,17-18H,4-5H2/b9-7+,17-11?,18-14?. The first-order valence-corrected chi connectivity index (χ1v) is 6.27. The van der Waals surface area contributed by atoms with Crippen molar-refractivity contribution in [2.45, 2.75) is 13.0 Å². The van der Waals surface area contributed by atoms with Crippen LogP contribution in [0.3, 0.4) is 0 Å². The van der Waals surface area contributed by atoms with Crippen LogP contribution in [0.15, 0.2) is 30.3 Å². The molecule has 2 aromatic rings. The average molecular weight is 276 g/mol. The highest BCUT2D eigenvalue weighted by molar-refractivity contribution is 6.68. The van der Waals surface area contributed by atoms with E-state index in [1.165, 1.54) is 12.1 Å². The molecule has 3 nitrogen and oxygen atoms in total. The SMILES string of the molecule is N=C(Cl)/C=C1\C(=N)CCn2c1cc1c(F)cccc12. The van der Waals surface area contributed by atoms with E-state index in [0.29, 0.717) is 29.6 Å². The lowest BCUT2D eigenvalue weighted by atomic mass is 10.0. The van der Waals surface area contributed by atoms with E-state index in [9.17, 15) is 4.39 Å². The molecule has 1 aromatic carbocycles. The maximum atomic E-state index is 13.8. The predicted octanol–water partition coefficient (Wildman–Crippen LogP) is 3.80. The zero-order valence-electron chi connectivity index (χ0n) is 10.0. The first kappa shape index (κ1) is 12.1. The summed E-state index contributed by atoms with van der Waals surface area (Å²) in [7, 11) is 0. The number of fused-ring (bicyclic) bond motifs is 3. The van der Waals surface area contributed by atoms with Gasteiger partial charge < -0.3 is 9.98 Å². The maximum absolute atomic E-state index is 13.8. The summed E-state index contributed by atoms with van der Waals surface area (Å²) in [6.07, 6.45) is 2.01. The van der Waals surface area contributed by atoms with E-state index in [2.05, 4.69) is 0 Å². The van der Waals surface area contributed by atoms with Gasteiger partial charge in [-0.05, 0) is 24.3 Å². The van der Waals surface area contributed by atoms with E-state index in [0.717, 1.165) is 11.2 Å². The highest BCUT2D eigenvalue weighted by Gasteiger charge is 2.22. The molecule has 1 aliphatic heterocycles. The van der Waals surface area contributed by atoms with E-state index in [1.807, 2.05) is 10.6 Å². The Morgan fingerprint density at radius 2 is 2.21 bits per heavy atom. The summed E-state index contributed by atoms with van der Waals surface area (Å²) >= 11 is 5.60. The summed E-state index contributed by atoms with van der Waals surface area (Å²) in [5.41, 5.74) is 2.60. The third-order valence-electron chi connectivity index (χ3n) is 3.35. The molecule has 0 aliphatic carbocycles. The highest BCUT2D eigenvalue weighted by Crippen LogP contribution is 2.32. The van der Waals surface area contributed by atoms with Crippen LogP contribution in [-0.4, -0.2) is 15.4 Å². The molecule has 0 amide bonds. The quantitative estimate of drug-likeness (QED) is 0.744. The van der Waals surface area contributed by atoms with E-state index in [1.54, 1.807) is 12.1 Å². The van der Waals surface area contributed by atoms with Gasteiger partial charge in [0.2, 0.25) is 0 Å². The number of aryl methyl sites for hydroxylation is 1. The van der Waals surface area contributed by atoms with Crippen molar-refractivity contribution in [1.82, 2.24) is 4.57 Å². The van der Waals surface area contributed by atoms with Crippen molar-refractivity contribution in [3.63, 3.8) is 0 Å². The monoisotopic (exact) mass is 275 g/mol. The molecule has 0 bridgehead atoms. The Kier molecular flexibility index (Phi) is 2.75. The number of nitrogens with zero attached hydrogens (tertiary/aromatic N) is 1. The van der Waals surface area contributed by atoms with Gasteiger partial charge in [0.1, 0.15) is 11.0 Å². The topological polar surface area (TPSA) is 52.6 Å². The third kappa shape index (κ3) is 1.88. The van der Waals surface area contributed by atoms with Crippen LogP contribution in [0.1, 0.15) is 12.1 Å². The molecule has 0 radical (unpaired) electrons.